The second kappa shape index (κ2) is 6.27. The summed E-state index contributed by atoms with van der Waals surface area (Å²) < 4.78 is 31.5. The molecule has 1 aromatic heterocycles. The molecule has 0 saturated heterocycles. The molecule has 0 atom stereocenters. The molecular formula is C12H15N3O4S2. The summed E-state index contributed by atoms with van der Waals surface area (Å²) in [5.41, 5.74) is 6.94. The van der Waals surface area contributed by atoms with Crippen molar-refractivity contribution in [1.29, 1.82) is 0 Å². The van der Waals surface area contributed by atoms with Gasteiger partial charge in [-0.25, -0.2) is 13.4 Å². The highest BCUT2D eigenvalue weighted by atomic mass is 32.2. The van der Waals surface area contributed by atoms with E-state index in [-0.39, 0.29) is 23.7 Å². The number of nitrogens with two attached hydrogens (primary N) is 1. The van der Waals surface area contributed by atoms with Gasteiger partial charge in [-0.3, -0.25) is 9.52 Å². The zero-order valence-electron chi connectivity index (χ0n) is 11.3. The third kappa shape index (κ3) is 4.30. The van der Waals surface area contributed by atoms with Gasteiger partial charge in [-0.1, -0.05) is 11.3 Å². The summed E-state index contributed by atoms with van der Waals surface area (Å²) in [6.07, 6.45) is 0.258. The van der Waals surface area contributed by atoms with Crippen LogP contribution in [0.4, 0.5) is 10.8 Å². The van der Waals surface area contributed by atoms with Crippen LogP contribution in [0.2, 0.25) is 0 Å². The van der Waals surface area contributed by atoms with E-state index >= 15 is 0 Å². The fraction of sp³-hybridized carbons (Fsp3) is 0.333. The number of methoxy groups -OCH3 is 1. The molecule has 0 aliphatic rings. The molecule has 0 saturated carbocycles. The number of nitrogens with one attached hydrogen (secondary N) is 1. The van der Waals surface area contributed by atoms with Gasteiger partial charge in [-0.15, -0.1) is 0 Å². The molecule has 2 aromatic rings. The Balaban J connectivity index is 2.02. The first-order chi connectivity index (χ1) is 9.89. The number of esters is 1. The number of ether oxygens (including phenoxy) is 1. The van der Waals surface area contributed by atoms with Crippen molar-refractivity contribution >= 4 is 48.4 Å². The number of nitrogen functional groups attached to an aromatic ring is 1. The molecule has 1 aromatic carbocycles. The lowest BCUT2D eigenvalue weighted by molar-refractivity contribution is -0.140. The molecule has 3 N–H and O–H groups in total. The number of carbonyl (C=O) groups is 1. The van der Waals surface area contributed by atoms with Crippen LogP contribution in [0.5, 0.6) is 0 Å². The SMILES string of the molecule is COC(=O)CCCS(=O)(=O)Nc1nc2ccc(N)cc2s1. The van der Waals surface area contributed by atoms with Crippen LogP contribution in [0.15, 0.2) is 18.2 Å². The van der Waals surface area contributed by atoms with Gasteiger partial charge in [0.1, 0.15) is 0 Å². The van der Waals surface area contributed by atoms with Crippen LogP contribution >= 0.6 is 11.3 Å². The van der Waals surface area contributed by atoms with Crippen molar-refractivity contribution in [1.82, 2.24) is 4.98 Å². The lowest BCUT2D eigenvalue weighted by atomic mass is 10.3. The number of hydrogen-bond acceptors (Lipinski definition) is 7. The maximum atomic E-state index is 11.9. The summed E-state index contributed by atoms with van der Waals surface area (Å²) in [6, 6.07) is 5.18. The van der Waals surface area contributed by atoms with Crippen LogP contribution in [-0.4, -0.2) is 32.2 Å². The van der Waals surface area contributed by atoms with Crippen molar-refractivity contribution in [3.05, 3.63) is 18.2 Å². The highest BCUT2D eigenvalue weighted by Gasteiger charge is 2.14. The Kier molecular flexibility index (Phi) is 4.63. The first-order valence-corrected chi connectivity index (χ1v) is 8.60. The van der Waals surface area contributed by atoms with E-state index < -0.39 is 16.0 Å². The second-order valence-electron chi connectivity index (χ2n) is 4.35. The van der Waals surface area contributed by atoms with Gasteiger partial charge in [0.05, 0.1) is 23.1 Å². The zero-order chi connectivity index (χ0) is 15.5. The van der Waals surface area contributed by atoms with Gasteiger partial charge in [0.25, 0.3) is 0 Å². The molecule has 21 heavy (non-hydrogen) atoms. The zero-order valence-corrected chi connectivity index (χ0v) is 13.0. The number of sulfonamides is 1. The van der Waals surface area contributed by atoms with Gasteiger partial charge in [-0.2, -0.15) is 0 Å². The number of benzene rings is 1. The summed E-state index contributed by atoms with van der Waals surface area (Å²) in [6.45, 7) is 0. The van der Waals surface area contributed by atoms with Crippen LogP contribution in [0, 0.1) is 0 Å². The highest BCUT2D eigenvalue weighted by molar-refractivity contribution is 7.92. The molecule has 9 heteroatoms. The lowest BCUT2D eigenvalue weighted by Crippen LogP contribution is -2.17. The van der Waals surface area contributed by atoms with E-state index in [4.69, 9.17) is 5.73 Å². The molecule has 0 aliphatic carbocycles. The van der Waals surface area contributed by atoms with Gasteiger partial charge in [0.2, 0.25) is 10.0 Å². The van der Waals surface area contributed by atoms with Gasteiger partial charge >= 0.3 is 5.97 Å². The molecule has 0 radical (unpaired) electrons. The Bertz CT molecular complexity index is 755. The molecule has 0 unspecified atom stereocenters. The summed E-state index contributed by atoms with van der Waals surface area (Å²) in [4.78, 5) is 15.1. The fourth-order valence-electron chi connectivity index (χ4n) is 1.68. The third-order valence-electron chi connectivity index (χ3n) is 2.68. The number of nitrogens with zero attached hydrogens (tertiary/aromatic N) is 1. The van der Waals surface area contributed by atoms with Crippen molar-refractivity contribution in [3.63, 3.8) is 0 Å². The van der Waals surface area contributed by atoms with Crippen LogP contribution in [-0.2, 0) is 19.6 Å². The van der Waals surface area contributed by atoms with E-state index in [1.54, 1.807) is 18.2 Å². The van der Waals surface area contributed by atoms with Crippen molar-refractivity contribution < 1.29 is 17.9 Å². The van der Waals surface area contributed by atoms with Crippen LogP contribution < -0.4 is 10.5 Å². The molecule has 0 spiro atoms. The van der Waals surface area contributed by atoms with E-state index in [1.165, 1.54) is 18.4 Å². The number of aromatic nitrogens is 1. The average Bonchev–Trinajstić information content (AvgIpc) is 2.78. The maximum absolute atomic E-state index is 11.9. The predicted molar refractivity (Wildman–Crippen MR) is 82.7 cm³/mol. The van der Waals surface area contributed by atoms with Gasteiger partial charge in [0.15, 0.2) is 5.13 Å². The number of rotatable bonds is 6. The molecule has 7 nitrogen and oxygen atoms in total. The van der Waals surface area contributed by atoms with Crippen LogP contribution in [0.3, 0.4) is 0 Å². The minimum absolute atomic E-state index is 0.0633. The van der Waals surface area contributed by atoms with E-state index in [1.807, 2.05) is 0 Å². The van der Waals surface area contributed by atoms with Gasteiger partial charge in [-0.05, 0) is 24.6 Å². The highest BCUT2D eigenvalue weighted by Crippen LogP contribution is 2.28. The Hall–Kier alpha value is -1.87. The Morgan fingerprint density at radius 2 is 2.24 bits per heavy atom. The van der Waals surface area contributed by atoms with Crippen molar-refractivity contribution in [2.45, 2.75) is 12.8 Å². The Morgan fingerprint density at radius 1 is 1.48 bits per heavy atom. The smallest absolute Gasteiger partial charge is 0.305 e. The van der Waals surface area contributed by atoms with E-state index in [9.17, 15) is 13.2 Å². The molecule has 0 fully saturated rings. The topological polar surface area (TPSA) is 111 Å². The van der Waals surface area contributed by atoms with Crippen LogP contribution in [0.25, 0.3) is 10.2 Å². The number of hydrogen-bond donors (Lipinski definition) is 2. The largest absolute Gasteiger partial charge is 0.469 e. The molecule has 0 bridgehead atoms. The molecular weight excluding hydrogens is 314 g/mol. The first kappa shape index (κ1) is 15.5. The molecule has 0 aliphatic heterocycles. The standard InChI is InChI=1S/C12H15N3O4S2/c1-19-11(16)3-2-6-21(17,18)15-12-14-9-5-4-8(13)7-10(9)20-12/h4-5,7H,2-3,6,13H2,1H3,(H,14,15). The lowest BCUT2D eigenvalue weighted by Gasteiger charge is -2.04. The number of fused-ring (bicyclic) bond motifs is 1. The van der Waals surface area contributed by atoms with E-state index in [2.05, 4.69) is 14.4 Å². The van der Waals surface area contributed by atoms with Crippen LogP contribution in [0.1, 0.15) is 12.8 Å². The first-order valence-electron chi connectivity index (χ1n) is 6.13. The van der Waals surface area contributed by atoms with Crippen molar-refractivity contribution in [3.8, 4) is 0 Å². The minimum atomic E-state index is -3.54. The number of carbonyl (C=O) groups excluding carboxylic acids is 1. The maximum Gasteiger partial charge on any atom is 0.305 e. The molecule has 114 valence electrons. The van der Waals surface area contributed by atoms with E-state index in [0.717, 1.165) is 4.70 Å². The minimum Gasteiger partial charge on any atom is -0.469 e. The second-order valence-corrected chi connectivity index (χ2v) is 7.22. The van der Waals surface area contributed by atoms with E-state index in [0.29, 0.717) is 11.2 Å². The third-order valence-corrected chi connectivity index (χ3v) is 5.07. The van der Waals surface area contributed by atoms with Crippen molar-refractivity contribution in [2.24, 2.45) is 0 Å². The van der Waals surface area contributed by atoms with Gasteiger partial charge < -0.3 is 10.5 Å². The molecule has 2 rings (SSSR count). The normalized spacial score (nSPS) is 11.5. The Labute approximate surface area is 126 Å². The van der Waals surface area contributed by atoms with Gasteiger partial charge in [0, 0.05) is 12.1 Å². The average molecular weight is 329 g/mol. The summed E-state index contributed by atoms with van der Waals surface area (Å²) in [5.74, 6) is -0.596. The monoisotopic (exact) mass is 329 g/mol. The summed E-state index contributed by atoms with van der Waals surface area (Å²) in [5, 5.41) is 0.286. The fourth-order valence-corrected chi connectivity index (χ4v) is 3.93. The van der Waals surface area contributed by atoms with Crippen molar-refractivity contribution in [2.75, 3.05) is 23.3 Å². The Morgan fingerprint density at radius 3 is 2.95 bits per heavy atom. The number of thiazole rings is 1. The number of anilines is 2. The quantitative estimate of drug-likeness (QED) is 0.614. The summed E-state index contributed by atoms with van der Waals surface area (Å²) >= 11 is 1.21. The predicted octanol–water partition coefficient (Wildman–Crippen LogP) is 1.57. The molecule has 0 amide bonds. The summed E-state index contributed by atoms with van der Waals surface area (Å²) in [7, 11) is -2.27. The molecule has 1 heterocycles.